The Balaban J connectivity index is 1.66. The molecule has 142 valence electrons. The van der Waals surface area contributed by atoms with Gasteiger partial charge in [0.2, 0.25) is 15.9 Å². The van der Waals surface area contributed by atoms with E-state index in [1.807, 2.05) is 24.4 Å². The average Bonchev–Trinajstić information content (AvgIpc) is 3.36. The smallest absolute Gasteiger partial charge is 0.251 e. The van der Waals surface area contributed by atoms with Crippen molar-refractivity contribution in [3.8, 4) is 10.8 Å². The summed E-state index contributed by atoms with van der Waals surface area (Å²) >= 11 is 1.51. The molecule has 7 nitrogen and oxygen atoms in total. The van der Waals surface area contributed by atoms with Gasteiger partial charge in [-0.15, -0.1) is 11.3 Å². The molecule has 9 heteroatoms. The van der Waals surface area contributed by atoms with E-state index in [4.69, 9.17) is 4.42 Å². The lowest BCUT2D eigenvalue weighted by Gasteiger charge is -2.08. The molecule has 1 amide bonds. The highest BCUT2D eigenvalue weighted by atomic mass is 32.2. The molecule has 0 unspecified atom stereocenters. The monoisotopic (exact) mass is 405 g/mol. The summed E-state index contributed by atoms with van der Waals surface area (Å²) in [6.07, 6.45) is 2.18. The van der Waals surface area contributed by atoms with E-state index in [0.29, 0.717) is 24.6 Å². The standard InChI is InChI=1S/C18H19N3O4S2/c1-2-8-20-27(23,24)15-6-3-5-13(10-15)17(22)19-11-14-12-25-18(21-14)16-7-4-9-26-16/h3-7,9-10,12,20H,2,8,11H2,1H3,(H,19,22). The molecule has 3 rings (SSSR count). The Morgan fingerprint density at radius 3 is 2.85 bits per heavy atom. The maximum absolute atomic E-state index is 12.4. The van der Waals surface area contributed by atoms with Crippen LogP contribution in [0.3, 0.4) is 0 Å². The summed E-state index contributed by atoms with van der Waals surface area (Å²) in [4.78, 5) is 17.7. The molecule has 0 saturated heterocycles. The minimum atomic E-state index is -3.62. The number of benzene rings is 1. The number of carbonyl (C=O) groups is 1. The Morgan fingerprint density at radius 2 is 2.11 bits per heavy atom. The number of nitrogens with zero attached hydrogens (tertiary/aromatic N) is 1. The molecule has 2 aromatic heterocycles. The Hall–Kier alpha value is -2.49. The lowest BCUT2D eigenvalue weighted by molar-refractivity contribution is 0.0950. The van der Waals surface area contributed by atoms with Crippen LogP contribution < -0.4 is 10.0 Å². The van der Waals surface area contributed by atoms with Gasteiger partial charge in [-0.2, -0.15) is 0 Å². The van der Waals surface area contributed by atoms with Gasteiger partial charge in [0.15, 0.2) is 0 Å². The third kappa shape index (κ3) is 4.82. The van der Waals surface area contributed by atoms with Crippen molar-refractivity contribution in [2.24, 2.45) is 0 Å². The molecule has 2 N–H and O–H groups in total. The lowest BCUT2D eigenvalue weighted by atomic mass is 10.2. The normalized spacial score (nSPS) is 11.4. The minimum Gasteiger partial charge on any atom is -0.443 e. The highest BCUT2D eigenvalue weighted by Gasteiger charge is 2.16. The van der Waals surface area contributed by atoms with Gasteiger partial charge in [0.25, 0.3) is 5.91 Å². The fourth-order valence-electron chi connectivity index (χ4n) is 2.30. The second kappa shape index (κ2) is 8.47. The highest BCUT2D eigenvalue weighted by Crippen LogP contribution is 2.23. The molecule has 1 aromatic carbocycles. The number of carbonyl (C=O) groups excluding carboxylic acids is 1. The summed E-state index contributed by atoms with van der Waals surface area (Å²) in [6.45, 7) is 2.40. The van der Waals surface area contributed by atoms with E-state index >= 15 is 0 Å². The van der Waals surface area contributed by atoms with Crippen molar-refractivity contribution in [2.45, 2.75) is 24.8 Å². The van der Waals surface area contributed by atoms with Crippen molar-refractivity contribution in [2.75, 3.05) is 6.54 Å². The fourth-order valence-corrected chi connectivity index (χ4v) is 4.13. The third-order valence-corrected chi connectivity index (χ3v) is 5.98. The van der Waals surface area contributed by atoms with Gasteiger partial charge < -0.3 is 9.73 Å². The average molecular weight is 406 g/mol. The molecule has 0 spiro atoms. The number of thiophene rings is 1. The van der Waals surface area contributed by atoms with Crippen LogP contribution in [0.4, 0.5) is 0 Å². The van der Waals surface area contributed by atoms with Crippen LogP contribution in [0.25, 0.3) is 10.8 Å². The van der Waals surface area contributed by atoms with E-state index in [1.165, 1.54) is 29.7 Å². The van der Waals surface area contributed by atoms with Crippen LogP contribution in [0.15, 0.2) is 57.4 Å². The number of rotatable bonds is 8. The van der Waals surface area contributed by atoms with E-state index in [0.717, 1.165) is 4.88 Å². The summed E-state index contributed by atoms with van der Waals surface area (Å²) < 4.78 is 32.3. The van der Waals surface area contributed by atoms with Crippen molar-refractivity contribution in [1.82, 2.24) is 15.0 Å². The van der Waals surface area contributed by atoms with E-state index < -0.39 is 10.0 Å². The SMILES string of the molecule is CCCNS(=O)(=O)c1cccc(C(=O)NCc2coc(-c3cccs3)n2)c1. The van der Waals surface area contributed by atoms with Crippen molar-refractivity contribution >= 4 is 27.3 Å². The second-order valence-electron chi connectivity index (χ2n) is 5.73. The molecular formula is C18H19N3O4S2. The van der Waals surface area contributed by atoms with E-state index in [9.17, 15) is 13.2 Å². The third-order valence-electron chi connectivity index (χ3n) is 3.66. The topological polar surface area (TPSA) is 101 Å². The second-order valence-corrected chi connectivity index (χ2v) is 8.44. The van der Waals surface area contributed by atoms with E-state index in [1.54, 1.807) is 12.1 Å². The van der Waals surface area contributed by atoms with E-state index in [2.05, 4.69) is 15.0 Å². The molecule has 27 heavy (non-hydrogen) atoms. The van der Waals surface area contributed by atoms with Crippen LogP contribution in [0.2, 0.25) is 0 Å². The number of hydrogen-bond donors (Lipinski definition) is 2. The van der Waals surface area contributed by atoms with Gasteiger partial charge in [-0.05, 0) is 36.1 Å². The van der Waals surface area contributed by atoms with Gasteiger partial charge in [0.05, 0.1) is 22.0 Å². The van der Waals surface area contributed by atoms with Crippen LogP contribution in [0.1, 0.15) is 29.4 Å². The Kier molecular flexibility index (Phi) is 6.04. The molecule has 0 radical (unpaired) electrons. The number of sulfonamides is 1. The largest absolute Gasteiger partial charge is 0.443 e. The van der Waals surface area contributed by atoms with E-state index in [-0.39, 0.29) is 22.9 Å². The highest BCUT2D eigenvalue weighted by molar-refractivity contribution is 7.89. The lowest BCUT2D eigenvalue weighted by Crippen LogP contribution is -2.26. The molecule has 0 atom stereocenters. The molecule has 0 aliphatic rings. The first-order chi connectivity index (χ1) is 13.0. The first-order valence-corrected chi connectivity index (χ1v) is 10.7. The predicted molar refractivity (Wildman–Crippen MR) is 103 cm³/mol. The number of hydrogen-bond acceptors (Lipinski definition) is 6. The van der Waals surface area contributed by atoms with Crippen LogP contribution in [-0.4, -0.2) is 25.9 Å². The zero-order chi connectivity index (χ0) is 19.3. The van der Waals surface area contributed by atoms with Crippen molar-refractivity contribution in [1.29, 1.82) is 0 Å². The molecule has 0 bridgehead atoms. The number of oxazole rings is 1. The van der Waals surface area contributed by atoms with Crippen molar-refractivity contribution in [3.05, 3.63) is 59.3 Å². The first-order valence-electron chi connectivity index (χ1n) is 8.36. The van der Waals surface area contributed by atoms with Crippen LogP contribution in [0.5, 0.6) is 0 Å². The van der Waals surface area contributed by atoms with Crippen molar-refractivity contribution < 1.29 is 17.6 Å². The van der Waals surface area contributed by atoms with Crippen LogP contribution in [-0.2, 0) is 16.6 Å². The first kappa shape index (κ1) is 19.3. The number of amides is 1. The van der Waals surface area contributed by atoms with Gasteiger partial charge in [0, 0.05) is 12.1 Å². The maximum atomic E-state index is 12.4. The molecule has 0 aliphatic carbocycles. The Bertz CT molecular complexity index is 1010. The van der Waals surface area contributed by atoms with Gasteiger partial charge in [0.1, 0.15) is 6.26 Å². The fraction of sp³-hybridized carbons (Fsp3) is 0.222. The van der Waals surface area contributed by atoms with Gasteiger partial charge in [-0.3, -0.25) is 4.79 Å². The zero-order valence-corrected chi connectivity index (χ0v) is 16.3. The minimum absolute atomic E-state index is 0.0602. The molecule has 2 heterocycles. The van der Waals surface area contributed by atoms with Gasteiger partial charge >= 0.3 is 0 Å². The quantitative estimate of drug-likeness (QED) is 0.600. The molecule has 0 aliphatic heterocycles. The predicted octanol–water partition coefficient (Wildman–Crippen LogP) is 3.02. The molecule has 0 saturated carbocycles. The summed E-state index contributed by atoms with van der Waals surface area (Å²) in [5.41, 5.74) is 0.844. The Labute approximate surface area is 161 Å². The summed E-state index contributed by atoms with van der Waals surface area (Å²) in [6, 6.07) is 9.72. The zero-order valence-electron chi connectivity index (χ0n) is 14.6. The van der Waals surface area contributed by atoms with Gasteiger partial charge in [-0.25, -0.2) is 18.1 Å². The number of nitrogens with one attached hydrogen (secondary N) is 2. The van der Waals surface area contributed by atoms with Crippen LogP contribution in [0, 0.1) is 0 Å². The molecule has 3 aromatic rings. The number of aromatic nitrogens is 1. The maximum Gasteiger partial charge on any atom is 0.251 e. The van der Waals surface area contributed by atoms with Crippen LogP contribution >= 0.6 is 11.3 Å². The Morgan fingerprint density at radius 1 is 1.26 bits per heavy atom. The van der Waals surface area contributed by atoms with Gasteiger partial charge in [-0.1, -0.05) is 19.1 Å². The summed E-state index contributed by atoms with van der Waals surface area (Å²) in [5, 5.41) is 4.65. The summed E-state index contributed by atoms with van der Waals surface area (Å²) in [5.74, 6) is 0.118. The molecular weight excluding hydrogens is 386 g/mol. The summed E-state index contributed by atoms with van der Waals surface area (Å²) in [7, 11) is -3.62. The molecule has 0 fully saturated rings. The van der Waals surface area contributed by atoms with Crippen molar-refractivity contribution in [3.63, 3.8) is 0 Å².